The first-order valence-electron chi connectivity index (χ1n) is 6.82. The molecule has 0 aromatic carbocycles. The van der Waals surface area contributed by atoms with E-state index in [4.69, 9.17) is 4.74 Å². The van der Waals surface area contributed by atoms with E-state index in [1.165, 1.54) is 6.26 Å². The fourth-order valence-corrected chi connectivity index (χ4v) is 4.08. The number of carbonyl (C=O) groups excluding carboxylic acids is 1. The number of hydrogen-bond acceptors (Lipinski definition) is 4. The number of ether oxygens (including phenoxy) is 1. The molecule has 19 heavy (non-hydrogen) atoms. The van der Waals surface area contributed by atoms with Crippen LogP contribution in [0.4, 0.5) is 0 Å². The van der Waals surface area contributed by atoms with E-state index in [1.807, 2.05) is 20.8 Å². The van der Waals surface area contributed by atoms with Crippen molar-refractivity contribution < 1.29 is 17.9 Å². The van der Waals surface area contributed by atoms with Crippen molar-refractivity contribution in [3.63, 3.8) is 0 Å². The lowest BCUT2D eigenvalue weighted by Gasteiger charge is -2.34. The Labute approximate surface area is 116 Å². The molecule has 0 bridgehead atoms. The highest BCUT2D eigenvalue weighted by Crippen LogP contribution is 2.33. The lowest BCUT2D eigenvalue weighted by molar-refractivity contribution is -0.140. The molecule has 1 aliphatic carbocycles. The van der Waals surface area contributed by atoms with Gasteiger partial charge in [0.15, 0.2) is 5.78 Å². The molecule has 0 spiro atoms. The molecule has 1 aliphatic rings. The molecule has 1 saturated carbocycles. The Hall–Kier alpha value is -0.420. The molecule has 0 amide bonds. The Balaban J connectivity index is 2.82. The largest absolute Gasteiger partial charge is 0.373 e. The van der Waals surface area contributed by atoms with Gasteiger partial charge in [0, 0.05) is 19.3 Å². The summed E-state index contributed by atoms with van der Waals surface area (Å²) in [5.74, 6) is -0.124. The van der Waals surface area contributed by atoms with Crippen LogP contribution < -0.4 is 0 Å². The maximum atomic E-state index is 12.5. The zero-order valence-corrected chi connectivity index (χ0v) is 13.4. The Kier molecular flexibility index (Phi) is 5.18. The van der Waals surface area contributed by atoms with Gasteiger partial charge in [-0.1, -0.05) is 27.2 Å². The molecule has 0 N–H and O–H groups in total. The summed E-state index contributed by atoms with van der Waals surface area (Å²) in [6.45, 7) is 5.90. The molecule has 0 saturated heterocycles. The van der Waals surface area contributed by atoms with Crippen molar-refractivity contribution >= 4 is 15.6 Å². The number of rotatable bonds is 4. The highest BCUT2D eigenvalue weighted by molar-refractivity contribution is 7.91. The summed E-state index contributed by atoms with van der Waals surface area (Å²) in [5.41, 5.74) is -0.260. The molecular weight excluding hydrogens is 264 g/mol. The van der Waals surface area contributed by atoms with Gasteiger partial charge in [0.05, 0.1) is 5.25 Å². The maximum absolute atomic E-state index is 12.5. The molecular formula is C14H26O4S. The third-order valence-corrected chi connectivity index (χ3v) is 5.55. The Morgan fingerprint density at radius 1 is 1.26 bits per heavy atom. The molecule has 3 unspecified atom stereocenters. The van der Waals surface area contributed by atoms with Gasteiger partial charge in [-0.3, -0.25) is 4.79 Å². The van der Waals surface area contributed by atoms with E-state index in [1.54, 1.807) is 7.11 Å². The van der Waals surface area contributed by atoms with Crippen LogP contribution >= 0.6 is 0 Å². The van der Waals surface area contributed by atoms with E-state index in [9.17, 15) is 13.2 Å². The van der Waals surface area contributed by atoms with Crippen LogP contribution in [0.1, 0.15) is 46.5 Å². The van der Waals surface area contributed by atoms with Crippen molar-refractivity contribution in [2.24, 2.45) is 11.3 Å². The summed E-state index contributed by atoms with van der Waals surface area (Å²) in [4.78, 5) is 12.5. The van der Waals surface area contributed by atoms with Crippen molar-refractivity contribution in [1.82, 2.24) is 0 Å². The summed E-state index contributed by atoms with van der Waals surface area (Å²) >= 11 is 0. The average Bonchev–Trinajstić information content (AvgIpc) is 2.27. The predicted octanol–water partition coefficient (Wildman–Crippen LogP) is 2.22. The molecule has 1 rings (SSSR count). The molecule has 0 aliphatic heterocycles. The van der Waals surface area contributed by atoms with Gasteiger partial charge < -0.3 is 4.74 Å². The number of ketones is 1. The van der Waals surface area contributed by atoms with E-state index in [2.05, 4.69) is 0 Å². The third-order valence-electron chi connectivity index (χ3n) is 3.91. The van der Waals surface area contributed by atoms with Crippen LogP contribution in [0, 0.1) is 11.3 Å². The number of sulfone groups is 1. The normalized spacial score (nSPS) is 27.0. The standard InChI is InChI=1S/C14H26O4S/c1-14(2,3)13(18-4)12(15)10-7-6-8-11(9-10)19(5,16)17/h10-11,13H,6-9H2,1-5H3. The SMILES string of the molecule is COC(C(=O)C1CCCC(S(C)(=O)=O)C1)C(C)(C)C. The van der Waals surface area contributed by atoms with Crippen molar-refractivity contribution in [1.29, 1.82) is 0 Å². The van der Waals surface area contributed by atoms with Crippen molar-refractivity contribution in [2.45, 2.75) is 57.8 Å². The second kappa shape index (κ2) is 5.92. The number of methoxy groups -OCH3 is 1. The fraction of sp³-hybridized carbons (Fsp3) is 0.929. The molecule has 1 fully saturated rings. The van der Waals surface area contributed by atoms with Gasteiger partial charge >= 0.3 is 0 Å². The Morgan fingerprint density at radius 2 is 1.84 bits per heavy atom. The topological polar surface area (TPSA) is 60.4 Å². The van der Waals surface area contributed by atoms with Gasteiger partial charge in [0.2, 0.25) is 0 Å². The smallest absolute Gasteiger partial charge is 0.165 e. The summed E-state index contributed by atoms with van der Waals surface area (Å²) in [5, 5.41) is -0.368. The van der Waals surface area contributed by atoms with E-state index in [-0.39, 0.29) is 22.4 Å². The van der Waals surface area contributed by atoms with Gasteiger partial charge in [0.1, 0.15) is 15.9 Å². The van der Waals surface area contributed by atoms with Crippen LogP contribution in [0.15, 0.2) is 0 Å². The lowest BCUT2D eigenvalue weighted by atomic mass is 9.77. The fourth-order valence-electron chi connectivity index (χ4n) is 2.90. The van der Waals surface area contributed by atoms with Crippen molar-refractivity contribution in [3.8, 4) is 0 Å². The minimum absolute atomic E-state index is 0.0587. The summed E-state index contributed by atoms with van der Waals surface area (Å²) in [6, 6.07) is 0. The molecule has 0 radical (unpaired) electrons. The van der Waals surface area contributed by atoms with E-state index in [0.29, 0.717) is 12.8 Å². The molecule has 112 valence electrons. The summed E-state index contributed by atoms with van der Waals surface area (Å²) in [7, 11) is -1.51. The first-order valence-corrected chi connectivity index (χ1v) is 8.78. The van der Waals surface area contributed by atoms with Gasteiger partial charge in [-0.15, -0.1) is 0 Å². The monoisotopic (exact) mass is 290 g/mol. The lowest BCUT2D eigenvalue weighted by Crippen LogP contribution is -2.42. The van der Waals surface area contributed by atoms with Crippen LogP contribution in [-0.2, 0) is 19.4 Å². The van der Waals surface area contributed by atoms with E-state index >= 15 is 0 Å². The molecule has 5 heteroatoms. The highest BCUT2D eigenvalue weighted by atomic mass is 32.2. The zero-order chi connectivity index (χ0) is 14.8. The summed E-state index contributed by atoms with van der Waals surface area (Å²) < 4.78 is 28.6. The highest BCUT2D eigenvalue weighted by Gasteiger charge is 2.39. The second-order valence-electron chi connectivity index (χ2n) is 6.70. The third kappa shape index (κ3) is 4.28. The van der Waals surface area contributed by atoms with Crippen LogP contribution in [0.3, 0.4) is 0 Å². The van der Waals surface area contributed by atoms with Crippen LogP contribution in [0.2, 0.25) is 0 Å². The maximum Gasteiger partial charge on any atom is 0.165 e. The van der Waals surface area contributed by atoms with Crippen molar-refractivity contribution in [2.75, 3.05) is 13.4 Å². The number of Topliss-reactive ketones (excluding diaryl/α,β-unsaturated/α-hetero) is 1. The van der Waals surface area contributed by atoms with Crippen LogP contribution in [0.5, 0.6) is 0 Å². The quantitative estimate of drug-likeness (QED) is 0.796. The number of hydrogen-bond donors (Lipinski definition) is 0. The number of carbonyl (C=O) groups is 1. The Bertz CT molecular complexity index is 419. The van der Waals surface area contributed by atoms with Gasteiger partial charge in [-0.2, -0.15) is 0 Å². The summed E-state index contributed by atoms with van der Waals surface area (Å²) in [6.07, 6.45) is 3.51. The molecule has 0 heterocycles. The minimum atomic E-state index is -3.05. The first kappa shape index (κ1) is 16.6. The van der Waals surface area contributed by atoms with Crippen LogP contribution in [-0.4, -0.2) is 38.9 Å². The average molecular weight is 290 g/mol. The van der Waals surface area contributed by atoms with Gasteiger partial charge in [-0.05, 0) is 24.7 Å². The zero-order valence-electron chi connectivity index (χ0n) is 12.6. The molecule has 3 atom stereocenters. The molecule has 0 aromatic heterocycles. The second-order valence-corrected chi connectivity index (χ2v) is 9.02. The Morgan fingerprint density at radius 3 is 2.26 bits per heavy atom. The van der Waals surface area contributed by atoms with E-state index in [0.717, 1.165) is 12.8 Å². The molecule has 0 aromatic rings. The van der Waals surface area contributed by atoms with E-state index < -0.39 is 15.9 Å². The van der Waals surface area contributed by atoms with Crippen molar-refractivity contribution in [3.05, 3.63) is 0 Å². The first-order chi connectivity index (χ1) is 8.57. The predicted molar refractivity (Wildman–Crippen MR) is 75.8 cm³/mol. The minimum Gasteiger partial charge on any atom is -0.373 e. The van der Waals surface area contributed by atoms with Gasteiger partial charge in [0.25, 0.3) is 0 Å². The molecule has 4 nitrogen and oxygen atoms in total. The van der Waals surface area contributed by atoms with Crippen LogP contribution in [0.25, 0.3) is 0 Å². The van der Waals surface area contributed by atoms with Gasteiger partial charge in [-0.25, -0.2) is 8.42 Å².